The predicted molar refractivity (Wildman–Crippen MR) is 198 cm³/mol. The Labute approximate surface area is 279 Å². The molecule has 0 aliphatic carbocycles. The second-order valence-corrected chi connectivity index (χ2v) is 13.9. The van der Waals surface area contributed by atoms with Gasteiger partial charge in [-0.05, 0) is 75.0 Å². The van der Waals surface area contributed by atoms with E-state index in [2.05, 4.69) is 83.1 Å². The molecule has 0 heterocycles. The Morgan fingerprint density at radius 3 is 0.545 bits per heavy atom. The van der Waals surface area contributed by atoms with Crippen LogP contribution in [0.2, 0.25) is 0 Å². The second kappa shape index (κ2) is 39.0. The fourth-order valence-electron chi connectivity index (χ4n) is 5.38. The third kappa shape index (κ3) is 36.3. The smallest absolute Gasteiger partial charge is 0.0565 e. The van der Waals surface area contributed by atoms with Gasteiger partial charge in [-0.25, -0.2) is 0 Å². The molecule has 0 aliphatic rings. The summed E-state index contributed by atoms with van der Waals surface area (Å²) >= 11 is 0. The topological polar surface area (TPSA) is 80.9 Å². The summed E-state index contributed by atoms with van der Waals surface area (Å²) in [6.07, 6.45) is 22.5. The molecule has 8 atom stereocenters. The maximum atomic E-state index is 9.58. The standard InChI is InChI=1S/4C10H22O/c4*1-4-6-8-10(11)9(3)7-5-2/h4*9-11H,4-8H2,1-3H3/t2*9-,10+;2*9-,10-/m1010/s1. The van der Waals surface area contributed by atoms with E-state index in [9.17, 15) is 20.4 Å². The number of unbranched alkanes of at least 4 members (excludes halogenated alkanes) is 4. The molecule has 44 heavy (non-hydrogen) atoms. The molecular formula is C40H88O4. The van der Waals surface area contributed by atoms with Crippen LogP contribution in [-0.2, 0) is 0 Å². The zero-order valence-electron chi connectivity index (χ0n) is 32.5. The van der Waals surface area contributed by atoms with Crippen LogP contribution in [0.1, 0.15) is 212 Å². The van der Waals surface area contributed by atoms with Crippen molar-refractivity contribution in [3.05, 3.63) is 0 Å². The Bertz CT molecular complexity index is 412. The fourth-order valence-corrected chi connectivity index (χ4v) is 5.38. The molecule has 0 saturated heterocycles. The normalized spacial score (nSPS) is 16.4. The van der Waals surface area contributed by atoms with Gasteiger partial charge in [0, 0.05) is 0 Å². The average molecular weight is 633 g/mol. The summed E-state index contributed by atoms with van der Waals surface area (Å²) in [7, 11) is 0. The molecule has 0 amide bonds. The fraction of sp³-hybridized carbons (Fsp3) is 1.00. The summed E-state index contributed by atoms with van der Waals surface area (Å²) in [5, 5.41) is 38.3. The highest BCUT2D eigenvalue weighted by atomic mass is 16.3. The number of hydrogen-bond donors (Lipinski definition) is 4. The zero-order chi connectivity index (χ0) is 34.8. The lowest BCUT2D eigenvalue weighted by Gasteiger charge is -2.17. The van der Waals surface area contributed by atoms with E-state index < -0.39 is 0 Å². The summed E-state index contributed by atoms with van der Waals surface area (Å²) in [5.74, 6) is 1.97. The summed E-state index contributed by atoms with van der Waals surface area (Å²) in [5.41, 5.74) is 0. The van der Waals surface area contributed by atoms with Crippen molar-refractivity contribution in [1.29, 1.82) is 0 Å². The van der Waals surface area contributed by atoms with Gasteiger partial charge in [0.05, 0.1) is 24.4 Å². The molecule has 0 radical (unpaired) electrons. The lowest BCUT2D eigenvalue weighted by molar-refractivity contribution is 0.100. The lowest BCUT2D eigenvalue weighted by Crippen LogP contribution is -2.16. The van der Waals surface area contributed by atoms with Crippen molar-refractivity contribution in [2.45, 2.75) is 236 Å². The molecule has 0 aromatic rings. The maximum Gasteiger partial charge on any atom is 0.0565 e. The molecule has 0 bridgehead atoms. The first-order valence-electron chi connectivity index (χ1n) is 19.6. The second-order valence-electron chi connectivity index (χ2n) is 13.9. The van der Waals surface area contributed by atoms with Gasteiger partial charge in [0.2, 0.25) is 0 Å². The Morgan fingerprint density at radius 1 is 0.273 bits per heavy atom. The molecule has 272 valence electrons. The molecule has 0 fully saturated rings. The first-order valence-corrected chi connectivity index (χ1v) is 19.6. The first-order chi connectivity index (χ1) is 20.9. The van der Waals surface area contributed by atoms with Crippen molar-refractivity contribution in [3.63, 3.8) is 0 Å². The van der Waals surface area contributed by atoms with Gasteiger partial charge in [0.25, 0.3) is 0 Å². The van der Waals surface area contributed by atoms with Crippen molar-refractivity contribution in [1.82, 2.24) is 0 Å². The quantitative estimate of drug-likeness (QED) is 0.0853. The molecule has 0 aromatic heterocycles. The molecule has 4 N–H and O–H groups in total. The number of hydrogen-bond acceptors (Lipinski definition) is 4. The van der Waals surface area contributed by atoms with E-state index in [1.54, 1.807) is 0 Å². The van der Waals surface area contributed by atoms with Crippen LogP contribution in [0.25, 0.3) is 0 Å². The molecule has 0 rings (SSSR count). The molecular weight excluding hydrogens is 544 g/mol. The molecule has 4 heteroatoms. The van der Waals surface area contributed by atoms with Crippen LogP contribution in [0.15, 0.2) is 0 Å². The van der Waals surface area contributed by atoms with E-state index in [1.165, 1.54) is 51.4 Å². The van der Waals surface area contributed by atoms with Crippen LogP contribution in [0.5, 0.6) is 0 Å². The highest BCUT2D eigenvalue weighted by Gasteiger charge is 2.14. The third-order valence-electron chi connectivity index (χ3n) is 9.02. The molecule has 0 saturated carbocycles. The monoisotopic (exact) mass is 633 g/mol. The summed E-state index contributed by atoms with van der Waals surface area (Å²) in [6, 6.07) is 0. The van der Waals surface area contributed by atoms with Crippen molar-refractivity contribution in [3.8, 4) is 0 Å². The lowest BCUT2D eigenvalue weighted by atomic mass is 9.95. The summed E-state index contributed by atoms with van der Waals surface area (Å²) in [4.78, 5) is 0. The van der Waals surface area contributed by atoms with Crippen molar-refractivity contribution < 1.29 is 20.4 Å². The number of rotatable bonds is 24. The SMILES string of the molecule is CCCC[C@@H](O)[C@@H](C)CCC.CCCC[C@@H](O)[C@H](C)CCC.CCCC[C@H](O)[C@@H](C)CCC.CCCC[C@H](O)[C@H](C)CCC. The number of aliphatic hydroxyl groups is 4. The minimum atomic E-state index is -0.0603. The van der Waals surface area contributed by atoms with Gasteiger partial charge >= 0.3 is 0 Å². The largest absolute Gasteiger partial charge is 0.393 e. The van der Waals surface area contributed by atoms with E-state index >= 15 is 0 Å². The first kappa shape index (κ1) is 50.7. The highest BCUT2D eigenvalue weighted by molar-refractivity contribution is 4.65. The van der Waals surface area contributed by atoms with Crippen LogP contribution in [0.4, 0.5) is 0 Å². The molecule has 0 unspecified atom stereocenters. The van der Waals surface area contributed by atoms with Gasteiger partial charge in [0.15, 0.2) is 0 Å². The van der Waals surface area contributed by atoms with Crippen LogP contribution >= 0.6 is 0 Å². The Hall–Kier alpha value is -0.160. The van der Waals surface area contributed by atoms with Gasteiger partial charge in [-0.1, -0.05) is 160 Å². The maximum absolute atomic E-state index is 9.58. The third-order valence-corrected chi connectivity index (χ3v) is 9.02. The molecule has 0 aromatic carbocycles. The van der Waals surface area contributed by atoms with E-state index in [1.807, 2.05) is 0 Å². The van der Waals surface area contributed by atoms with Gasteiger partial charge in [-0.3, -0.25) is 0 Å². The van der Waals surface area contributed by atoms with E-state index in [0.29, 0.717) is 23.7 Å². The molecule has 4 nitrogen and oxygen atoms in total. The van der Waals surface area contributed by atoms with Crippen LogP contribution in [0, 0.1) is 23.7 Å². The van der Waals surface area contributed by atoms with Crippen LogP contribution in [0.3, 0.4) is 0 Å². The van der Waals surface area contributed by atoms with Crippen LogP contribution < -0.4 is 0 Å². The highest BCUT2D eigenvalue weighted by Crippen LogP contribution is 2.17. The Balaban J connectivity index is -0.000000242. The summed E-state index contributed by atoms with van der Waals surface area (Å²) < 4.78 is 0. The van der Waals surface area contributed by atoms with Gasteiger partial charge in [-0.15, -0.1) is 0 Å². The average Bonchev–Trinajstić information content (AvgIpc) is 3.01. The number of aliphatic hydroxyl groups excluding tert-OH is 4. The predicted octanol–water partition coefficient (Wildman–Crippen LogP) is 11.9. The van der Waals surface area contributed by atoms with Crippen molar-refractivity contribution >= 4 is 0 Å². The molecule has 0 aliphatic heterocycles. The summed E-state index contributed by atoms with van der Waals surface area (Å²) in [6.45, 7) is 25.9. The van der Waals surface area contributed by atoms with Gasteiger partial charge in [-0.2, -0.15) is 0 Å². The molecule has 0 spiro atoms. The van der Waals surface area contributed by atoms with Crippen LogP contribution in [-0.4, -0.2) is 44.8 Å². The van der Waals surface area contributed by atoms with E-state index in [-0.39, 0.29) is 24.4 Å². The Kier molecular flexibility index (Phi) is 45.0. The van der Waals surface area contributed by atoms with Crippen molar-refractivity contribution in [2.24, 2.45) is 23.7 Å². The van der Waals surface area contributed by atoms with E-state index in [0.717, 1.165) is 77.0 Å². The minimum absolute atomic E-state index is 0.0603. The van der Waals surface area contributed by atoms with E-state index in [4.69, 9.17) is 0 Å². The Morgan fingerprint density at radius 2 is 0.432 bits per heavy atom. The van der Waals surface area contributed by atoms with Gasteiger partial charge < -0.3 is 20.4 Å². The van der Waals surface area contributed by atoms with Crippen molar-refractivity contribution in [2.75, 3.05) is 0 Å². The van der Waals surface area contributed by atoms with Gasteiger partial charge in [0.1, 0.15) is 0 Å². The minimum Gasteiger partial charge on any atom is -0.393 e. The zero-order valence-corrected chi connectivity index (χ0v) is 32.5.